The normalized spacial score (nSPS) is 13.1. The Balaban J connectivity index is 1.93. The summed E-state index contributed by atoms with van der Waals surface area (Å²) < 4.78 is 0. The van der Waals surface area contributed by atoms with E-state index in [1.165, 1.54) is 23.9 Å². The number of carbonyl (C=O) groups is 1. The molecule has 1 aromatic heterocycles. The Morgan fingerprint density at radius 1 is 1.21 bits per heavy atom. The third-order valence-electron chi connectivity index (χ3n) is 3.39. The van der Waals surface area contributed by atoms with Crippen LogP contribution in [0.3, 0.4) is 0 Å². The average molecular weight is 254 g/mol. The molecule has 19 heavy (non-hydrogen) atoms. The van der Waals surface area contributed by atoms with Gasteiger partial charge in [-0.1, -0.05) is 6.07 Å². The van der Waals surface area contributed by atoms with Crippen LogP contribution in [0.2, 0.25) is 0 Å². The first kappa shape index (κ1) is 11.6. The van der Waals surface area contributed by atoms with Gasteiger partial charge in [0.15, 0.2) is 6.29 Å². The Morgan fingerprint density at radius 3 is 2.89 bits per heavy atom. The van der Waals surface area contributed by atoms with Gasteiger partial charge in [-0.05, 0) is 42.5 Å². The van der Waals surface area contributed by atoms with Crippen molar-refractivity contribution in [1.29, 1.82) is 0 Å². The highest BCUT2D eigenvalue weighted by molar-refractivity contribution is 5.89. The summed E-state index contributed by atoms with van der Waals surface area (Å²) in [7, 11) is 0. The average Bonchev–Trinajstić information content (AvgIpc) is 2.86. The molecule has 3 N–H and O–H groups in total. The summed E-state index contributed by atoms with van der Waals surface area (Å²) in [5.41, 5.74) is 9.63. The van der Waals surface area contributed by atoms with Crippen molar-refractivity contribution >= 4 is 23.6 Å². The van der Waals surface area contributed by atoms with Crippen molar-refractivity contribution in [3.63, 3.8) is 0 Å². The highest BCUT2D eigenvalue weighted by Crippen LogP contribution is 2.27. The van der Waals surface area contributed by atoms with Gasteiger partial charge in [-0.3, -0.25) is 4.79 Å². The maximum absolute atomic E-state index is 11.0. The van der Waals surface area contributed by atoms with Crippen molar-refractivity contribution in [2.75, 3.05) is 11.1 Å². The van der Waals surface area contributed by atoms with Crippen LogP contribution in [0.5, 0.6) is 0 Å². The number of aryl methyl sites for hydroxylation is 2. The van der Waals surface area contributed by atoms with Crippen LogP contribution in [0.15, 0.2) is 24.5 Å². The molecule has 3 rings (SSSR count). The number of aldehydes is 1. The molecule has 0 spiro atoms. The predicted octanol–water partition coefficient (Wildman–Crippen LogP) is 2.10. The molecule has 0 aliphatic heterocycles. The van der Waals surface area contributed by atoms with E-state index >= 15 is 0 Å². The molecule has 96 valence electrons. The van der Waals surface area contributed by atoms with Crippen molar-refractivity contribution in [2.45, 2.75) is 19.3 Å². The Kier molecular flexibility index (Phi) is 2.87. The molecular weight excluding hydrogens is 240 g/mol. The van der Waals surface area contributed by atoms with Crippen LogP contribution in [-0.4, -0.2) is 16.3 Å². The molecule has 5 heteroatoms. The zero-order valence-electron chi connectivity index (χ0n) is 10.4. The zero-order chi connectivity index (χ0) is 13.2. The van der Waals surface area contributed by atoms with Crippen molar-refractivity contribution in [3.05, 3.63) is 41.2 Å². The summed E-state index contributed by atoms with van der Waals surface area (Å²) in [4.78, 5) is 18.9. The van der Waals surface area contributed by atoms with Crippen molar-refractivity contribution < 1.29 is 4.79 Å². The number of benzene rings is 1. The summed E-state index contributed by atoms with van der Waals surface area (Å²) in [6.07, 6.45) is 5.48. The Labute approximate surface area is 110 Å². The number of hydrogen-bond donors (Lipinski definition) is 2. The number of fused-ring (bicyclic) bond motifs is 1. The van der Waals surface area contributed by atoms with E-state index in [4.69, 9.17) is 5.73 Å². The standard InChI is InChI=1S/C14H14N4O/c15-13-12(7-19)14(17-8-16-13)18-11-5-4-9-2-1-3-10(9)6-11/h4-8H,1-3H2,(H3,15,16,17,18). The fraction of sp³-hybridized carbons (Fsp3) is 0.214. The van der Waals surface area contributed by atoms with E-state index in [2.05, 4.69) is 27.4 Å². The largest absolute Gasteiger partial charge is 0.383 e. The van der Waals surface area contributed by atoms with Crippen molar-refractivity contribution in [3.8, 4) is 0 Å². The van der Waals surface area contributed by atoms with E-state index < -0.39 is 0 Å². The summed E-state index contributed by atoms with van der Waals surface area (Å²) in [6, 6.07) is 6.22. The molecule has 0 radical (unpaired) electrons. The molecule has 1 heterocycles. The first-order valence-corrected chi connectivity index (χ1v) is 6.22. The molecule has 0 saturated carbocycles. The summed E-state index contributed by atoms with van der Waals surface area (Å²) in [5, 5.41) is 3.13. The second-order valence-corrected chi connectivity index (χ2v) is 4.60. The first-order chi connectivity index (χ1) is 9.28. The summed E-state index contributed by atoms with van der Waals surface area (Å²) in [5.74, 6) is 0.633. The molecule has 1 aromatic carbocycles. The number of nitrogen functional groups attached to an aromatic ring is 1. The van der Waals surface area contributed by atoms with Crippen LogP contribution >= 0.6 is 0 Å². The van der Waals surface area contributed by atoms with Crippen molar-refractivity contribution in [1.82, 2.24) is 9.97 Å². The first-order valence-electron chi connectivity index (χ1n) is 6.22. The van der Waals surface area contributed by atoms with Gasteiger partial charge < -0.3 is 11.1 Å². The third-order valence-corrected chi connectivity index (χ3v) is 3.39. The number of anilines is 3. The predicted molar refractivity (Wildman–Crippen MR) is 73.6 cm³/mol. The smallest absolute Gasteiger partial charge is 0.157 e. The molecule has 0 saturated heterocycles. The number of carbonyl (C=O) groups excluding carboxylic acids is 1. The van der Waals surface area contributed by atoms with Crippen LogP contribution in [0.25, 0.3) is 0 Å². The van der Waals surface area contributed by atoms with Crippen LogP contribution < -0.4 is 11.1 Å². The molecule has 0 fully saturated rings. The van der Waals surface area contributed by atoms with E-state index in [1.54, 1.807) is 0 Å². The van der Waals surface area contributed by atoms with E-state index in [1.807, 2.05) is 6.07 Å². The molecule has 0 unspecified atom stereocenters. The van der Waals surface area contributed by atoms with E-state index in [9.17, 15) is 4.79 Å². The van der Waals surface area contributed by atoms with Gasteiger partial charge in [0, 0.05) is 5.69 Å². The SMILES string of the molecule is Nc1ncnc(Nc2ccc3c(c2)CCC3)c1C=O. The van der Waals surface area contributed by atoms with Gasteiger partial charge in [0.05, 0.1) is 5.56 Å². The number of nitrogens with two attached hydrogens (primary N) is 1. The molecular formula is C14H14N4O. The molecule has 2 aromatic rings. The Hall–Kier alpha value is -2.43. The third kappa shape index (κ3) is 2.14. The zero-order valence-corrected chi connectivity index (χ0v) is 10.4. The highest BCUT2D eigenvalue weighted by Gasteiger charge is 2.12. The summed E-state index contributed by atoms with van der Waals surface area (Å²) in [6.45, 7) is 0. The fourth-order valence-corrected chi connectivity index (χ4v) is 2.41. The fourth-order valence-electron chi connectivity index (χ4n) is 2.41. The Bertz CT molecular complexity index is 639. The van der Waals surface area contributed by atoms with Crippen LogP contribution in [-0.2, 0) is 12.8 Å². The van der Waals surface area contributed by atoms with Gasteiger partial charge in [0.25, 0.3) is 0 Å². The number of nitrogens with one attached hydrogen (secondary N) is 1. The second-order valence-electron chi connectivity index (χ2n) is 4.60. The minimum Gasteiger partial charge on any atom is -0.383 e. The van der Waals surface area contributed by atoms with Gasteiger partial charge in [0.1, 0.15) is 18.0 Å². The Morgan fingerprint density at radius 2 is 2.05 bits per heavy atom. The monoisotopic (exact) mass is 254 g/mol. The van der Waals surface area contributed by atoms with Gasteiger partial charge in [0.2, 0.25) is 0 Å². The van der Waals surface area contributed by atoms with Crippen LogP contribution in [0.1, 0.15) is 27.9 Å². The van der Waals surface area contributed by atoms with Gasteiger partial charge in [-0.25, -0.2) is 9.97 Å². The maximum atomic E-state index is 11.0. The van der Waals surface area contributed by atoms with Gasteiger partial charge >= 0.3 is 0 Å². The van der Waals surface area contributed by atoms with E-state index in [-0.39, 0.29) is 5.82 Å². The lowest BCUT2D eigenvalue weighted by Gasteiger charge is -2.10. The lowest BCUT2D eigenvalue weighted by molar-refractivity contribution is 0.112. The number of nitrogens with zero attached hydrogens (tertiary/aromatic N) is 2. The molecule has 5 nitrogen and oxygen atoms in total. The molecule has 0 amide bonds. The minimum atomic E-state index is 0.189. The lowest BCUT2D eigenvalue weighted by Crippen LogP contribution is -2.04. The summed E-state index contributed by atoms with van der Waals surface area (Å²) >= 11 is 0. The topological polar surface area (TPSA) is 80.9 Å². The molecule has 1 aliphatic rings. The number of rotatable bonds is 3. The van der Waals surface area contributed by atoms with Crippen molar-refractivity contribution in [2.24, 2.45) is 0 Å². The lowest BCUT2D eigenvalue weighted by atomic mass is 10.1. The number of hydrogen-bond acceptors (Lipinski definition) is 5. The van der Waals surface area contributed by atoms with Gasteiger partial charge in [-0.2, -0.15) is 0 Å². The highest BCUT2D eigenvalue weighted by atomic mass is 16.1. The van der Waals surface area contributed by atoms with E-state index in [0.717, 1.165) is 18.5 Å². The minimum absolute atomic E-state index is 0.189. The number of aromatic nitrogens is 2. The van der Waals surface area contributed by atoms with Crippen LogP contribution in [0, 0.1) is 0 Å². The van der Waals surface area contributed by atoms with Crippen LogP contribution in [0.4, 0.5) is 17.3 Å². The van der Waals surface area contributed by atoms with Gasteiger partial charge in [-0.15, -0.1) is 0 Å². The van der Waals surface area contributed by atoms with E-state index in [0.29, 0.717) is 17.7 Å². The molecule has 0 bridgehead atoms. The molecule has 0 atom stereocenters. The second kappa shape index (κ2) is 4.68. The quantitative estimate of drug-likeness (QED) is 0.820. The molecule has 1 aliphatic carbocycles. The maximum Gasteiger partial charge on any atom is 0.157 e.